The zero-order valence-electron chi connectivity index (χ0n) is 38.4. The third-order valence-electron chi connectivity index (χ3n) is 12.6. The van der Waals surface area contributed by atoms with E-state index < -0.39 is 55.6 Å². The molecule has 0 spiro atoms. The summed E-state index contributed by atoms with van der Waals surface area (Å²) in [6.45, 7) is 3.63. The van der Waals surface area contributed by atoms with E-state index in [1.165, 1.54) is 180 Å². The number of aliphatic hydroxyl groups is 6. The zero-order chi connectivity index (χ0) is 43.2. The third kappa shape index (κ3) is 30.0. The minimum Gasteiger partial charge on any atom is -0.394 e. The fourth-order valence-corrected chi connectivity index (χ4v) is 8.44. The van der Waals surface area contributed by atoms with Crippen molar-refractivity contribution in [2.24, 2.45) is 0 Å². The highest BCUT2D eigenvalue weighted by Gasteiger charge is 2.44. The normalized spacial score (nSPS) is 21.1. The molecule has 59 heavy (non-hydrogen) atoms. The highest BCUT2D eigenvalue weighted by molar-refractivity contribution is 5.76. The Morgan fingerprint density at radius 2 is 0.881 bits per heavy atom. The number of aliphatic hydroxyl groups excluding tert-OH is 6. The molecule has 10 nitrogen and oxygen atoms in total. The molecule has 8 atom stereocenters. The maximum atomic E-state index is 13.0. The second-order valence-corrected chi connectivity index (χ2v) is 18.1. The molecule has 4 unspecified atom stereocenters. The van der Waals surface area contributed by atoms with Crippen LogP contribution in [0.5, 0.6) is 0 Å². The van der Waals surface area contributed by atoms with E-state index in [2.05, 4.69) is 19.2 Å². The molecule has 0 saturated carbocycles. The fourth-order valence-electron chi connectivity index (χ4n) is 8.44. The Balaban J connectivity index is 2.30. The van der Waals surface area contributed by atoms with E-state index in [0.29, 0.717) is 6.42 Å². The van der Waals surface area contributed by atoms with Crippen molar-refractivity contribution in [1.82, 2.24) is 5.32 Å². The highest BCUT2D eigenvalue weighted by atomic mass is 16.7. The topological polar surface area (TPSA) is 169 Å². The van der Waals surface area contributed by atoms with Crippen molar-refractivity contribution in [1.29, 1.82) is 0 Å². The molecule has 1 heterocycles. The predicted octanol–water partition coefficient (Wildman–Crippen LogP) is 10.1. The molecule has 1 amide bonds. The number of carbonyl (C=O) groups is 1. The van der Waals surface area contributed by atoms with Gasteiger partial charge in [0.2, 0.25) is 5.91 Å². The van der Waals surface area contributed by atoms with Crippen LogP contribution < -0.4 is 5.32 Å². The van der Waals surface area contributed by atoms with Crippen LogP contribution in [-0.2, 0) is 14.3 Å². The van der Waals surface area contributed by atoms with Gasteiger partial charge in [-0.3, -0.25) is 4.79 Å². The molecule has 1 aliphatic rings. The summed E-state index contributed by atoms with van der Waals surface area (Å²) in [5.41, 5.74) is 0. The molecular weight excluding hydrogens is 747 g/mol. The summed E-state index contributed by atoms with van der Waals surface area (Å²) in [6.07, 6.45) is 34.0. The number of unbranched alkanes of at least 4 members (excludes halogenated alkanes) is 32. The number of amides is 1. The van der Waals surface area contributed by atoms with Gasteiger partial charge in [0.1, 0.15) is 30.5 Å². The number of carbonyl (C=O) groups excluding carboxylic acids is 1. The van der Waals surface area contributed by atoms with Gasteiger partial charge in [0.05, 0.1) is 25.4 Å². The van der Waals surface area contributed by atoms with Gasteiger partial charge < -0.3 is 45.4 Å². The molecule has 10 heteroatoms. The molecule has 1 saturated heterocycles. The van der Waals surface area contributed by atoms with Gasteiger partial charge in [-0.2, -0.15) is 0 Å². The molecule has 0 aromatic carbocycles. The van der Waals surface area contributed by atoms with E-state index in [1.54, 1.807) is 0 Å². The average molecular weight is 844 g/mol. The molecule has 0 aromatic heterocycles. The molecule has 352 valence electrons. The summed E-state index contributed by atoms with van der Waals surface area (Å²) in [6, 6.07) is -0.984. The van der Waals surface area contributed by atoms with Gasteiger partial charge >= 0.3 is 0 Å². The quantitative estimate of drug-likeness (QED) is 0.0296. The number of hydrogen-bond donors (Lipinski definition) is 7. The lowest BCUT2D eigenvalue weighted by atomic mass is 9.98. The third-order valence-corrected chi connectivity index (χ3v) is 12.6. The predicted molar refractivity (Wildman–Crippen MR) is 241 cm³/mol. The summed E-state index contributed by atoms with van der Waals surface area (Å²) < 4.78 is 11.2. The van der Waals surface area contributed by atoms with Gasteiger partial charge in [-0.05, 0) is 12.8 Å². The second kappa shape index (κ2) is 40.0. The Hall–Kier alpha value is -0.850. The van der Waals surface area contributed by atoms with E-state index in [9.17, 15) is 35.4 Å². The summed E-state index contributed by atoms with van der Waals surface area (Å²) in [7, 11) is 0. The van der Waals surface area contributed by atoms with Crippen LogP contribution in [0.1, 0.15) is 245 Å². The molecule has 1 fully saturated rings. The van der Waals surface area contributed by atoms with Gasteiger partial charge in [-0.25, -0.2) is 0 Å². The lowest BCUT2D eigenvalue weighted by Crippen LogP contribution is -2.60. The number of hydrogen-bond acceptors (Lipinski definition) is 9. The first kappa shape index (κ1) is 56.2. The van der Waals surface area contributed by atoms with E-state index in [1.807, 2.05) is 0 Å². The average Bonchev–Trinajstić information content (AvgIpc) is 3.23. The largest absolute Gasteiger partial charge is 0.394 e. The minimum atomic E-state index is -1.60. The van der Waals surface area contributed by atoms with Crippen LogP contribution in [0, 0.1) is 0 Å². The zero-order valence-corrected chi connectivity index (χ0v) is 38.4. The first-order chi connectivity index (χ1) is 28.8. The maximum absolute atomic E-state index is 13.0. The van der Waals surface area contributed by atoms with Crippen molar-refractivity contribution in [3.05, 3.63) is 0 Å². The van der Waals surface area contributed by atoms with Crippen LogP contribution in [-0.4, -0.2) is 98.7 Å². The van der Waals surface area contributed by atoms with Crippen molar-refractivity contribution in [2.45, 2.75) is 294 Å². The van der Waals surface area contributed by atoms with Crippen LogP contribution in [0.15, 0.2) is 0 Å². The summed E-state index contributed by atoms with van der Waals surface area (Å²) in [5.74, 6) is -0.252. The molecule has 0 aromatic rings. The Kier molecular flexibility index (Phi) is 38.0. The Morgan fingerprint density at radius 3 is 1.25 bits per heavy atom. The molecule has 1 rings (SSSR count). The van der Waals surface area contributed by atoms with Gasteiger partial charge in [0.15, 0.2) is 6.29 Å². The first-order valence-electron chi connectivity index (χ1n) is 25.3. The SMILES string of the molecule is CCCCCCCCCCCCCCCCCCCCCCCC(=O)NC(CO[C@H]1OC(CO)[C@H](O)C(O)C1O)[C@H](O)[C@H](O)CCCCCCCCCCCCCCC. The van der Waals surface area contributed by atoms with Crippen LogP contribution in [0.25, 0.3) is 0 Å². The number of ether oxygens (including phenoxy) is 2. The summed E-state index contributed by atoms with van der Waals surface area (Å²) in [4.78, 5) is 13.0. The smallest absolute Gasteiger partial charge is 0.220 e. The molecule has 1 aliphatic heterocycles. The lowest BCUT2D eigenvalue weighted by molar-refractivity contribution is -0.303. The van der Waals surface area contributed by atoms with Crippen molar-refractivity contribution in [3.63, 3.8) is 0 Å². The highest BCUT2D eigenvalue weighted by Crippen LogP contribution is 2.23. The molecule has 7 N–H and O–H groups in total. The van der Waals surface area contributed by atoms with Gasteiger partial charge in [0, 0.05) is 6.42 Å². The molecule has 0 aliphatic carbocycles. The van der Waals surface area contributed by atoms with E-state index in [-0.39, 0.29) is 18.9 Å². The van der Waals surface area contributed by atoms with E-state index in [4.69, 9.17) is 9.47 Å². The first-order valence-corrected chi connectivity index (χ1v) is 25.3. The second-order valence-electron chi connectivity index (χ2n) is 18.1. The van der Waals surface area contributed by atoms with Crippen molar-refractivity contribution < 1.29 is 44.9 Å². The Morgan fingerprint density at radius 1 is 0.525 bits per heavy atom. The van der Waals surface area contributed by atoms with Crippen molar-refractivity contribution >= 4 is 5.91 Å². The molecule has 0 bridgehead atoms. The molecule has 0 radical (unpaired) electrons. The van der Waals surface area contributed by atoms with Crippen LogP contribution in [0.4, 0.5) is 0 Å². The van der Waals surface area contributed by atoms with Crippen LogP contribution in [0.3, 0.4) is 0 Å². The van der Waals surface area contributed by atoms with Gasteiger partial charge in [0.25, 0.3) is 0 Å². The van der Waals surface area contributed by atoms with E-state index >= 15 is 0 Å². The molecular formula is C49H97NO9. The summed E-state index contributed by atoms with van der Waals surface area (Å²) >= 11 is 0. The standard InChI is InChI=1S/C49H97NO9/c1-3-5-7-9-11-13-15-17-18-19-20-21-22-23-24-26-28-30-32-34-36-38-44(53)50-41(40-58-49-48(57)47(56)46(55)43(39-51)59-49)45(54)42(52)37-35-33-31-29-27-25-16-14-12-10-8-6-4-2/h41-43,45-49,51-52,54-57H,3-40H2,1-2H3,(H,50,53)/t41?,42-,43?,45+,46+,47?,48?,49+/m1/s1. The Labute approximate surface area is 362 Å². The monoisotopic (exact) mass is 844 g/mol. The minimum absolute atomic E-state index is 0.252. The van der Waals surface area contributed by atoms with Crippen molar-refractivity contribution in [2.75, 3.05) is 13.2 Å². The van der Waals surface area contributed by atoms with Crippen LogP contribution in [0.2, 0.25) is 0 Å². The number of rotatable bonds is 43. The summed E-state index contributed by atoms with van der Waals surface area (Å²) in [5, 5.41) is 65.3. The van der Waals surface area contributed by atoms with Crippen molar-refractivity contribution in [3.8, 4) is 0 Å². The fraction of sp³-hybridized carbons (Fsp3) is 0.980. The van der Waals surface area contributed by atoms with Crippen LogP contribution >= 0.6 is 0 Å². The maximum Gasteiger partial charge on any atom is 0.220 e. The van der Waals surface area contributed by atoms with E-state index in [0.717, 1.165) is 38.5 Å². The Bertz CT molecular complexity index is 911. The lowest BCUT2D eigenvalue weighted by Gasteiger charge is -2.40. The van der Waals surface area contributed by atoms with Gasteiger partial charge in [-0.15, -0.1) is 0 Å². The number of nitrogens with one attached hydrogen (secondary N) is 1. The van der Waals surface area contributed by atoms with Gasteiger partial charge in [-0.1, -0.05) is 226 Å².